The number of hydrogen-bond acceptors (Lipinski definition) is 10. The molecule has 9 rings (SSSR count). The molecule has 0 bridgehead atoms. The van der Waals surface area contributed by atoms with Gasteiger partial charge in [0.05, 0.1) is 17.3 Å². The first-order chi connectivity index (χ1) is 26.0. The predicted molar refractivity (Wildman–Crippen MR) is 203 cm³/mol. The van der Waals surface area contributed by atoms with Gasteiger partial charge in [-0.15, -0.1) is 0 Å². The summed E-state index contributed by atoms with van der Waals surface area (Å²) < 4.78 is 12.4. The minimum Gasteiger partial charge on any atom is -0.491 e. The third-order valence-electron chi connectivity index (χ3n) is 12.1. The smallest absolute Gasteiger partial charge is 0.243 e. The van der Waals surface area contributed by atoms with E-state index in [1.54, 1.807) is 6.20 Å². The molecule has 4 fully saturated rings. The number of anilines is 2. The highest BCUT2D eigenvalue weighted by Gasteiger charge is 2.52. The van der Waals surface area contributed by atoms with Crippen LogP contribution in [-0.2, 0) is 39.5 Å². The van der Waals surface area contributed by atoms with Crippen molar-refractivity contribution in [2.24, 2.45) is 5.41 Å². The fourth-order valence-electron chi connectivity index (χ4n) is 8.52. The number of rotatable bonds is 12. The molecule has 1 spiro atoms. The summed E-state index contributed by atoms with van der Waals surface area (Å²) >= 11 is 0. The quantitative estimate of drug-likeness (QED) is 0.176. The average Bonchev–Trinajstić information content (AvgIpc) is 3.78. The number of hydrogen-bond donors (Lipinski definition) is 2. The van der Waals surface area contributed by atoms with Crippen molar-refractivity contribution in [2.75, 3.05) is 29.9 Å². The van der Waals surface area contributed by atoms with Crippen LogP contribution in [0.5, 0.6) is 11.5 Å². The van der Waals surface area contributed by atoms with Crippen LogP contribution in [0.15, 0.2) is 79.0 Å². The summed E-state index contributed by atoms with van der Waals surface area (Å²) in [6.07, 6.45) is 6.21. The summed E-state index contributed by atoms with van der Waals surface area (Å²) in [6.45, 7) is 8.51. The normalized spacial score (nSPS) is 21.2. The number of amides is 2. The maximum absolute atomic E-state index is 12.4. The Morgan fingerprint density at radius 2 is 1.56 bits per heavy atom. The van der Waals surface area contributed by atoms with Gasteiger partial charge in [0, 0.05) is 68.2 Å². The van der Waals surface area contributed by atoms with Crippen LogP contribution in [0.1, 0.15) is 80.3 Å². The van der Waals surface area contributed by atoms with E-state index in [2.05, 4.69) is 93.9 Å². The Labute approximate surface area is 315 Å². The lowest BCUT2D eigenvalue weighted by atomic mass is 9.63. The average molecular weight is 727 g/mol. The number of aromatic nitrogens is 2. The van der Waals surface area contributed by atoms with E-state index in [4.69, 9.17) is 14.5 Å². The largest absolute Gasteiger partial charge is 0.491 e. The molecule has 2 saturated carbocycles. The zero-order valence-electron chi connectivity index (χ0n) is 30.9. The zero-order valence-corrected chi connectivity index (χ0v) is 30.9. The Hall–Kier alpha value is -5.29. The molecule has 3 aromatic carbocycles. The van der Waals surface area contributed by atoms with Gasteiger partial charge in [-0.2, -0.15) is 0 Å². The Morgan fingerprint density at radius 3 is 2.22 bits per heavy atom. The van der Waals surface area contributed by atoms with Crippen molar-refractivity contribution < 1.29 is 23.9 Å². The van der Waals surface area contributed by atoms with Gasteiger partial charge in [-0.05, 0) is 84.0 Å². The van der Waals surface area contributed by atoms with Crippen LogP contribution in [0.3, 0.4) is 0 Å². The van der Waals surface area contributed by atoms with Gasteiger partial charge < -0.3 is 19.7 Å². The second-order valence-corrected chi connectivity index (χ2v) is 16.6. The van der Waals surface area contributed by atoms with E-state index in [1.807, 2.05) is 18.2 Å². The lowest BCUT2D eigenvalue weighted by Crippen LogP contribution is -2.63. The molecule has 54 heavy (non-hydrogen) atoms. The van der Waals surface area contributed by atoms with Crippen LogP contribution in [0.25, 0.3) is 0 Å². The molecule has 4 aromatic rings. The van der Waals surface area contributed by atoms with Gasteiger partial charge in [0.1, 0.15) is 30.5 Å². The molecule has 0 radical (unpaired) electrons. The van der Waals surface area contributed by atoms with E-state index in [-0.39, 0.29) is 34.2 Å². The number of piperidine rings is 1. The summed E-state index contributed by atoms with van der Waals surface area (Å²) in [6, 6.07) is 24.8. The van der Waals surface area contributed by atoms with Gasteiger partial charge in [-0.1, -0.05) is 44.2 Å². The number of ketones is 1. The first-order valence-corrected chi connectivity index (χ1v) is 19.1. The molecule has 4 heterocycles. The van der Waals surface area contributed by atoms with Crippen LogP contribution in [0.2, 0.25) is 0 Å². The van der Waals surface area contributed by atoms with Gasteiger partial charge in [-0.25, -0.2) is 9.97 Å². The first-order valence-electron chi connectivity index (χ1n) is 19.1. The van der Waals surface area contributed by atoms with Gasteiger partial charge >= 0.3 is 0 Å². The molecular formula is C43H46N6O5. The number of carbonyl (C=O) groups excluding carboxylic acids is 3. The Kier molecular flexibility index (Phi) is 8.45. The van der Waals surface area contributed by atoms with E-state index in [9.17, 15) is 14.4 Å². The van der Waals surface area contributed by atoms with Crippen LogP contribution < -0.4 is 25.0 Å². The minimum absolute atomic E-state index is 0.0934. The number of nitrogens with one attached hydrogen (secondary N) is 2. The molecule has 278 valence electrons. The van der Waals surface area contributed by atoms with E-state index in [0.717, 1.165) is 55.4 Å². The van der Waals surface area contributed by atoms with Gasteiger partial charge in [0.2, 0.25) is 17.8 Å². The lowest BCUT2D eigenvalue weighted by Gasteiger charge is -2.54. The SMILES string of the molecule is CC(C)(c1ccc(OCc2ccnc(N3CC4(CC(=O)C4)C3)n2)cc1)c1ccc(OCC2(Nc3ccc4c(c3)CN(C3CCC(=O)NC3=O)C4)CC2)cc1. The highest BCUT2D eigenvalue weighted by atomic mass is 16.5. The maximum atomic E-state index is 12.4. The summed E-state index contributed by atoms with van der Waals surface area (Å²) in [5.41, 5.74) is 6.58. The van der Waals surface area contributed by atoms with Gasteiger partial charge in [0.15, 0.2) is 0 Å². The predicted octanol–water partition coefficient (Wildman–Crippen LogP) is 5.70. The highest BCUT2D eigenvalue weighted by molar-refractivity contribution is 6.00. The molecule has 1 atom stereocenters. The second kappa shape index (κ2) is 13.2. The van der Waals surface area contributed by atoms with Crippen molar-refractivity contribution in [1.82, 2.24) is 20.2 Å². The molecule has 3 aliphatic heterocycles. The van der Waals surface area contributed by atoms with Crippen LogP contribution >= 0.6 is 0 Å². The summed E-state index contributed by atoms with van der Waals surface area (Å²) in [4.78, 5) is 49.0. The number of Topliss-reactive ketones (excluding diaryl/α,β-unsaturated/α-hetero) is 1. The van der Waals surface area contributed by atoms with Crippen molar-refractivity contribution in [2.45, 2.75) is 89.1 Å². The molecule has 2 N–H and O–H groups in total. The fraction of sp³-hybridized carbons (Fsp3) is 0.419. The second-order valence-electron chi connectivity index (χ2n) is 16.6. The maximum Gasteiger partial charge on any atom is 0.243 e. The molecule has 5 aliphatic rings. The summed E-state index contributed by atoms with van der Waals surface area (Å²) in [5.74, 6) is 2.33. The molecule has 11 heteroatoms. The number of nitrogens with zero attached hydrogens (tertiary/aromatic N) is 4. The standard InChI is InChI=1S/C43H46N6O5/c1-41(2,30-4-9-35(10-5-30)53-24-33-15-18-44-40(45-33)49-25-42(26-49)20-34(50)21-42)31-6-11-36(12-7-31)54-27-43(16-17-43)47-32-8-3-28-22-48(23-29(28)19-32)37-13-14-38(51)46-39(37)52/h3-12,15,18-19,37,47H,13-14,16-17,20-27H2,1-2H3,(H,46,51,52). The summed E-state index contributed by atoms with van der Waals surface area (Å²) in [7, 11) is 0. The minimum atomic E-state index is -0.255. The summed E-state index contributed by atoms with van der Waals surface area (Å²) in [5, 5.41) is 6.23. The Morgan fingerprint density at radius 1 is 0.870 bits per heavy atom. The monoisotopic (exact) mass is 726 g/mol. The number of ether oxygens (including phenoxy) is 2. The van der Waals surface area contributed by atoms with Crippen molar-refractivity contribution in [3.63, 3.8) is 0 Å². The zero-order chi connectivity index (χ0) is 37.1. The highest BCUT2D eigenvalue weighted by Crippen LogP contribution is 2.47. The molecule has 1 aromatic heterocycles. The number of carbonyl (C=O) groups is 3. The van der Waals surface area contributed by atoms with Crippen LogP contribution in [-0.4, -0.2) is 63.7 Å². The Bertz CT molecular complexity index is 2100. The van der Waals surface area contributed by atoms with Crippen molar-refractivity contribution in [3.05, 3.63) is 107 Å². The molecule has 2 aliphatic carbocycles. The van der Waals surface area contributed by atoms with Crippen LogP contribution in [0.4, 0.5) is 11.6 Å². The first kappa shape index (κ1) is 34.5. The number of benzene rings is 3. The van der Waals surface area contributed by atoms with E-state index < -0.39 is 0 Å². The van der Waals surface area contributed by atoms with Crippen molar-refractivity contribution in [1.29, 1.82) is 0 Å². The number of fused-ring (bicyclic) bond motifs is 1. The fourth-order valence-corrected chi connectivity index (χ4v) is 8.52. The molecular weight excluding hydrogens is 681 g/mol. The van der Waals surface area contributed by atoms with Gasteiger partial charge in [0.25, 0.3) is 0 Å². The third kappa shape index (κ3) is 6.81. The topological polar surface area (TPSA) is 126 Å². The van der Waals surface area contributed by atoms with E-state index >= 15 is 0 Å². The molecule has 2 amide bonds. The van der Waals surface area contributed by atoms with E-state index in [0.29, 0.717) is 57.2 Å². The van der Waals surface area contributed by atoms with Crippen LogP contribution in [0, 0.1) is 5.41 Å². The molecule has 1 unspecified atom stereocenters. The lowest BCUT2D eigenvalue weighted by molar-refractivity contribution is -0.138. The molecule has 11 nitrogen and oxygen atoms in total. The number of imide groups is 1. The Balaban J connectivity index is 0.760. The third-order valence-corrected chi connectivity index (χ3v) is 12.1. The van der Waals surface area contributed by atoms with Gasteiger partial charge in [-0.3, -0.25) is 24.6 Å². The van der Waals surface area contributed by atoms with Crippen molar-refractivity contribution in [3.8, 4) is 11.5 Å². The van der Waals surface area contributed by atoms with E-state index in [1.165, 1.54) is 22.3 Å². The molecule has 2 saturated heterocycles. The van der Waals surface area contributed by atoms with Crippen molar-refractivity contribution >= 4 is 29.2 Å².